The minimum absolute atomic E-state index is 1.18. The van der Waals surface area contributed by atoms with Crippen LogP contribution in [0.3, 0.4) is 0 Å². The third-order valence-corrected chi connectivity index (χ3v) is 3.92. The average Bonchev–Trinajstić information content (AvgIpc) is 2.43. The van der Waals surface area contributed by atoms with Crippen molar-refractivity contribution in [2.75, 3.05) is 0 Å². The highest BCUT2D eigenvalue weighted by molar-refractivity contribution is 4.93. The molecule has 0 atom stereocenters. The molecule has 0 unspecified atom stereocenters. The van der Waals surface area contributed by atoms with Gasteiger partial charge in [-0.3, -0.25) is 0 Å². The molecule has 0 aromatic carbocycles. The van der Waals surface area contributed by atoms with E-state index in [1.54, 1.807) is 0 Å². The Morgan fingerprint density at radius 1 is 0.789 bits per heavy atom. The summed E-state index contributed by atoms with van der Waals surface area (Å²) in [5, 5.41) is 0. The summed E-state index contributed by atoms with van der Waals surface area (Å²) < 4.78 is 2.37. The zero-order chi connectivity index (χ0) is 13.8. The summed E-state index contributed by atoms with van der Waals surface area (Å²) in [5.74, 6) is 0. The van der Waals surface area contributed by atoms with Crippen molar-refractivity contribution >= 4 is 0 Å². The molecule has 0 aliphatic rings. The van der Waals surface area contributed by atoms with Crippen LogP contribution in [0.2, 0.25) is 0 Å². The lowest BCUT2D eigenvalue weighted by Gasteiger charge is -2.02. The highest BCUT2D eigenvalue weighted by atomic mass is 14.9. The number of aryl methyl sites for hydroxylation is 2. The minimum Gasteiger partial charge on any atom is -0.203 e. The number of unbranched alkanes of at least 4 members (excludes halogenated alkanes) is 9. The molecular weight excluding hydrogens is 230 g/mol. The first-order valence-electron chi connectivity index (χ1n) is 8.29. The van der Waals surface area contributed by atoms with E-state index in [2.05, 4.69) is 42.8 Å². The maximum absolute atomic E-state index is 2.37. The van der Waals surface area contributed by atoms with E-state index in [1.807, 2.05) is 0 Å². The van der Waals surface area contributed by atoms with Gasteiger partial charge in [0.15, 0.2) is 11.9 Å². The Kier molecular flexibility index (Phi) is 9.40. The van der Waals surface area contributed by atoms with Gasteiger partial charge in [-0.05, 0) is 6.42 Å². The SMILES string of the molecule is CCCCCCCCCCCC[n+]1ccccc1C. The topological polar surface area (TPSA) is 3.88 Å². The van der Waals surface area contributed by atoms with Crippen LogP contribution in [-0.4, -0.2) is 0 Å². The summed E-state index contributed by atoms with van der Waals surface area (Å²) in [6, 6.07) is 6.43. The number of rotatable bonds is 11. The van der Waals surface area contributed by atoms with Gasteiger partial charge in [0, 0.05) is 25.5 Å². The molecule has 0 aliphatic heterocycles. The van der Waals surface area contributed by atoms with Gasteiger partial charge >= 0.3 is 0 Å². The van der Waals surface area contributed by atoms with Gasteiger partial charge in [-0.1, -0.05) is 64.4 Å². The maximum Gasteiger partial charge on any atom is 0.178 e. The van der Waals surface area contributed by atoms with Crippen LogP contribution < -0.4 is 4.57 Å². The molecule has 1 nitrogen and oxygen atoms in total. The first-order valence-corrected chi connectivity index (χ1v) is 8.29. The average molecular weight is 262 g/mol. The molecule has 0 N–H and O–H groups in total. The Labute approximate surface area is 120 Å². The van der Waals surface area contributed by atoms with Crippen LogP contribution in [0.4, 0.5) is 0 Å². The summed E-state index contributed by atoms with van der Waals surface area (Å²) >= 11 is 0. The second-order valence-corrected chi connectivity index (χ2v) is 5.72. The fourth-order valence-electron chi connectivity index (χ4n) is 2.58. The molecule has 0 spiro atoms. The molecule has 1 rings (SSSR count). The third kappa shape index (κ3) is 8.02. The second kappa shape index (κ2) is 11.0. The van der Waals surface area contributed by atoms with E-state index >= 15 is 0 Å². The van der Waals surface area contributed by atoms with Crippen molar-refractivity contribution in [3.63, 3.8) is 0 Å². The van der Waals surface area contributed by atoms with Crippen LogP contribution in [0.15, 0.2) is 24.4 Å². The van der Waals surface area contributed by atoms with E-state index in [1.165, 1.54) is 76.4 Å². The number of pyridine rings is 1. The summed E-state index contributed by atoms with van der Waals surface area (Å²) in [4.78, 5) is 0. The second-order valence-electron chi connectivity index (χ2n) is 5.72. The van der Waals surface area contributed by atoms with Gasteiger partial charge in [0.1, 0.15) is 6.54 Å². The highest BCUT2D eigenvalue weighted by Crippen LogP contribution is 2.10. The predicted octanol–water partition coefficient (Wildman–Crippen LogP) is 5.20. The number of aromatic nitrogens is 1. The molecule has 19 heavy (non-hydrogen) atoms. The van der Waals surface area contributed by atoms with Crippen molar-refractivity contribution < 1.29 is 4.57 Å². The Bertz CT molecular complexity index is 319. The standard InChI is InChI=1S/C18H32N/c1-3-4-5-6-7-8-9-10-11-13-16-19-17-14-12-15-18(19)2/h12,14-15,17H,3-11,13,16H2,1-2H3/q+1. The van der Waals surface area contributed by atoms with Crippen LogP contribution in [0.1, 0.15) is 76.8 Å². The third-order valence-electron chi connectivity index (χ3n) is 3.92. The van der Waals surface area contributed by atoms with E-state index < -0.39 is 0 Å². The molecule has 1 heterocycles. The Hall–Kier alpha value is -0.850. The van der Waals surface area contributed by atoms with E-state index in [9.17, 15) is 0 Å². The Balaban J connectivity index is 1.90. The van der Waals surface area contributed by atoms with Crippen LogP contribution in [0.5, 0.6) is 0 Å². The van der Waals surface area contributed by atoms with Crippen LogP contribution in [0.25, 0.3) is 0 Å². The fraction of sp³-hybridized carbons (Fsp3) is 0.722. The van der Waals surface area contributed by atoms with E-state index in [0.29, 0.717) is 0 Å². The van der Waals surface area contributed by atoms with Crippen molar-refractivity contribution in [2.24, 2.45) is 0 Å². The van der Waals surface area contributed by atoms with E-state index in [-0.39, 0.29) is 0 Å². The summed E-state index contributed by atoms with van der Waals surface area (Å²) in [6.45, 7) is 5.66. The predicted molar refractivity (Wildman–Crippen MR) is 83.2 cm³/mol. The molecule has 1 aromatic heterocycles. The smallest absolute Gasteiger partial charge is 0.178 e. The lowest BCUT2D eigenvalue weighted by molar-refractivity contribution is -0.703. The fourth-order valence-corrected chi connectivity index (χ4v) is 2.58. The van der Waals surface area contributed by atoms with Crippen molar-refractivity contribution in [3.8, 4) is 0 Å². The van der Waals surface area contributed by atoms with Gasteiger partial charge < -0.3 is 0 Å². The minimum atomic E-state index is 1.18. The Morgan fingerprint density at radius 3 is 1.95 bits per heavy atom. The van der Waals surface area contributed by atoms with Gasteiger partial charge in [-0.2, -0.15) is 0 Å². The zero-order valence-electron chi connectivity index (χ0n) is 13.0. The normalized spacial score (nSPS) is 10.8. The van der Waals surface area contributed by atoms with Crippen LogP contribution in [-0.2, 0) is 6.54 Å². The molecule has 0 aliphatic carbocycles. The van der Waals surface area contributed by atoms with Crippen molar-refractivity contribution in [1.29, 1.82) is 0 Å². The molecule has 1 aromatic rings. The molecule has 1 heteroatoms. The largest absolute Gasteiger partial charge is 0.203 e. The van der Waals surface area contributed by atoms with Gasteiger partial charge in [-0.15, -0.1) is 0 Å². The molecule has 0 bridgehead atoms. The molecule has 0 fully saturated rings. The summed E-state index contributed by atoms with van der Waals surface area (Å²) in [7, 11) is 0. The number of hydrogen-bond donors (Lipinski definition) is 0. The first-order chi connectivity index (χ1) is 9.34. The van der Waals surface area contributed by atoms with Crippen molar-refractivity contribution in [1.82, 2.24) is 0 Å². The highest BCUT2D eigenvalue weighted by Gasteiger charge is 2.02. The van der Waals surface area contributed by atoms with Crippen molar-refractivity contribution in [2.45, 2.75) is 84.6 Å². The van der Waals surface area contributed by atoms with E-state index in [4.69, 9.17) is 0 Å². The summed E-state index contributed by atoms with van der Waals surface area (Å²) in [5.41, 5.74) is 1.37. The molecule has 0 radical (unpaired) electrons. The van der Waals surface area contributed by atoms with Crippen LogP contribution in [0, 0.1) is 6.92 Å². The monoisotopic (exact) mass is 262 g/mol. The first kappa shape index (κ1) is 16.2. The van der Waals surface area contributed by atoms with Gasteiger partial charge in [0.05, 0.1) is 0 Å². The number of nitrogens with zero attached hydrogens (tertiary/aromatic N) is 1. The number of hydrogen-bond acceptors (Lipinski definition) is 0. The van der Waals surface area contributed by atoms with Crippen molar-refractivity contribution in [3.05, 3.63) is 30.1 Å². The summed E-state index contributed by atoms with van der Waals surface area (Å²) in [6.07, 6.45) is 16.3. The van der Waals surface area contributed by atoms with Crippen LogP contribution >= 0.6 is 0 Å². The molecule has 108 valence electrons. The molecule has 0 saturated carbocycles. The lowest BCUT2D eigenvalue weighted by Crippen LogP contribution is -2.36. The molecule has 0 amide bonds. The zero-order valence-corrected chi connectivity index (χ0v) is 13.0. The van der Waals surface area contributed by atoms with Gasteiger partial charge in [0.2, 0.25) is 0 Å². The quantitative estimate of drug-likeness (QED) is 0.381. The molecular formula is C18H32N+. The maximum atomic E-state index is 2.37. The Morgan fingerprint density at radius 2 is 1.37 bits per heavy atom. The van der Waals surface area contributed by atoms with E-state index in [0.717, 1.165) is 0 Å². The molecule has 0 saturated heterocycles. The lowest BCUT2D eigenvalue weighted by atomic mass is 10.1. The van der Waals surface area contributed by atoms with Gasteiger partial charge in [0.25, 0.3) is 0 Å². The van der Waals surface area contributed by atoms with Gasteiger partial charge in [-0.25, -0.2) is 4.57 Å².